The van der Waals surface area contributed by atoms with Crippen molar-refractivity contribution in [1.82, 2.24) is 30.4 Å². The van der Waals surface area contributed by atoms with Crippen molar-refractivity contribution in [3.8, 4) is 11.4 Å². The van der Waals surface area contributed by atoms with Crippen molar-refractivity contribution >= 4 is 5.91 Å². The SMILES string of the molecule is CC(C)n1nnc(-c2ccc(C(=O)NC[C@H]3CCCN4CCCC[C@H]34)cc2)n1. The molecule has 2 aliphatic rings. The molecule has 7 heteroatoms. The van der Waals surface area contributed by atoms with Crippen LogP contribution < -0.4 is 5.32 Å². The van der Waals surface area contributed by atoms with Crippen molar-refractivity contribution < 1.29 is 4.79 Å². The van der Waals surface area contributed by atoms with E-state index in [0.717, 1.165) is 12.1 Å². The second kappa shape index (κ2) is 8.39. The molecule has 0 radical (unpaired) electrons. The van der Waals surface area contributed by atoms with Gasteiger partial charge in [0.1, 0.15) is 0 Å². The number of hydrogen-bond donors (Lipinski definition) is 1. The third-order valence-electron chi connectivity index (χ3n) is 6.05. The average molecular weight is 383 g/mol. The lowest BCUT2D eigenvalue weighted by molar-refractivity contribution is 0.0575. The fraction of sp³-hybridized carbons (Fsp3) is 0.619. The Balaban J connectivity index is 1.35. The largest absolute Gasteiger partial charge is 0.352 e. The Kier molecular flexibility index (Phi) is 5.71. The topological polar surface area (TPSA) is 75.9 Å². The van der Waals surface area contributed by atoms with Gasteiger partial charge in [0.05, 0.1) is 6.04 Å². The van der Waals surface area contributed by atoms with Gasteiger partial charge in [0.25, 0.3) is 5.91 Å². The number of carbonyl (C=O) groups excluding carboxylic acids is 1. The lowest BCUT2D eigenvalue weighted by Crippen LogP contribution is -2.51. The highest BCUT2D eigenvalue weighted by Crippen LogP contribution is 2.30. The van der Waals surface area contributed by atoms with E-state index in [9.17, 15) is 4.79 Å². The first-order valence-electron chi connectivity index (χ1n) is 10.5. The predicted octanol–water partition coefficient (Wildman–Crippen LogP) is 2.92. The molecule has 2 fully saturated rings. The van der Waals surface area contributed by atoms with Crippen LogP contribution in [0, 0.1) is 5.92 Å². The molecule has 0 unspecified atom stereocenters. The first kappa shape index (κ1) is 19.1. The van der Waals surface area contributed by atoms with Gasteiger partial charge in [-0.25, -0.2) is 0 Å². The van der Waals surface area contributed by atoms with Gasteiger partial charge in [0.15, 0.2) is 0 Å². The molecule has 0 aliphatic carbocycles. The summed E-state index contributed by atoms with van der Waals surface area (Å²) in [5.74, 6) is 1.16. The van der Waals surface area contributed by atoms with Crippen molar-refractivity contribution in [3.63, 3.8) is 0 Å². The van der Waals surface area contributed by atoms with Crippen molar-refractivity contribution in [3.05, 3.63) is 29.8 Å². The van der Waals surface area contributed by atoms with Crippen LogP contribution in [0.25, 0.3) is 11.4 Å². The maximum absolute atomic E-state index is 12.6. The van der Waals surface area contributed by atoms with E-state index in [1.165, 1.54) is 45.2 Å². The first-order chi connectivity index (χ1) is 13.6. The lowest BCUT2D eigenvalue weighted by Gasteiger charge is -2.44. The number of benzene rings is 1. The Morgan fingerprint density at radius 2 is 1.93 bits per heavy atom. The molecule has 1 N–H and O–H groups in total. The van der Waals surface area contributed by atoms with Crippen LogP contribution in [0.5, 0.6) is 0 Å². The summed E-state index contributed by atoms with van der Waals surface area (Å²) >= 11 is 0. The minimum atomic E-state index is -0.00160. The number of nitrogens with one attached hydrogen (secondary N) is 1. The third-order valence-corrected chi connectivity index (χ3v) is 6.05. The van der Waals surface area contributed by atoms with E-state index in [-0.39, 0.29) is 11.9 Å². The Morgan fingerprint density at radius 3 is 2.68 bits per heavy atom. The van der Waals surface area contributed by atoms with Crippen LogP contribution in [0.15, 0.2) is 24.3 Å². The third kappa shape index (κ3) is 4.09. The van der Waals surface area contributed by atoms with Crippen LogP contribution in [-0.2, 0) is 0 Å². The zero-order chi connectivity index (χ0) is 19.5. The van der Waals surface area contributed by atoms with E-state index in [0.29, 0.717) is 23.3 Å². The summed E-state index contributed by atoms with van der Waals surface area (Å²) in [5.41, 5.74) is 1.55. The Morgan fingerprint density at radius 1 is 1.14 bits per heavy atom. The minimum Gasteiger partial charge on any atom is -0.352 e. The Hall–Kier alpha value is -2.28. The van der Waals surface area contributed by atoms with Crippen LogP contribution in [0.1, 0.15) is 62.4 Å². The molecule has 28 heavy (non-hydrogen) atoms. The van der Waals surface area contributed by atoms with Gasteiger partial charge in [-0.2, -0.15) is 4.80 Å². The van der Waals surface area contributed by atoms with E-state index in [4.69, 9.17) is 0 Å². The van der Waals surface area contributed by atoms with E-state index in [2.05, 4.69) is 25.6 Å². The molecule has 0 saturated carbocycles. The van der Waals surface area contributed by atoms with Gasteiger partial charge in [0.2, 0.25) is 5.82 Å². The van der Waals surface area contributed by atoms with Crippen LogP contribution in [-0.4, -0.2) is 56.7 Å². The quantitative estimate of drug-likeness (QED) is 0.860. The molecule has 3 heterocycles. The van der Waals surface area contributed by atoms with Gasteiger partial charge in [-0.3, -0.25) is 4.79 Å². The summed E-state index contributed by atoms with van der Waals surface area (Å²) in [6.07, 6.45) is 6.39. The molecule has 150 valence electrons. The molecular weight excluding hydrogens is 352 g/mol. The Labute approximate surface area is 166 Å². The smallest absolute Gasteiger partial charge is 0.251 e. The molecule has 1 aromatic heterocycles. The number of carbonyl (C=O) groups is 1. The van der Waals surface area contributed by atoms with E-state index < -0.39 is 0 Å². The second-order valence-corrected chi connectivity index (χ2v) is 8.32. The lowest BCUT2D eigenvalue weighted by atomic mass is 9.83. The molecule has 0 spiro atoms. The summed E-state index contributed by atoms with van der Waals surface area (Å²) in [4.78, 5) is 16.8. The molecule has 1 aromatic carbocycles. The number of piperidine rings is 2. The summed E-state index contributed by atoms with van der Waals surface area (Å²) in [6.45, 7) is 7.25. The number of aromatic nitrogens is 4. The van der Waals surface area contributed by atoms with Crippen LogP contribution in [0.3, 0.4) is 0 Å². The van der Waals surface area contributed by atoms with Gasteiger partial charge in [0, 0.05) is 23.7 Å². The molecule has 7 nitrogen and oxygen atoms in total. The minimum absolute atomic E-state index is 0.00160. The Bertz CT molecular complexity index is 797. The summed E-state index contributed by atoms with van der Waals surface area (Å²) < 4.78 is 0. The van der Waals surface area contributed by atoms with Crippen LogP contribution in [0.2, 0.25) is 0 Å². The van der Waals surface area contributed by atoms with Crippen LogP contribution >= 0.6 is 0 Å². The molecule has 2 aliphatic heterocycles. The fourth-order valence-corrected chi connectivity index (χ4v) is 4.47. The van der Waals surface area contributed by atoms with Crippen molar-refractivity contribution in [2.45, 2.75) is 58.0 Å². The number of hydrogen-bond acceptors (Lipinski definition) is 5. The molecule has 2 aromatic rings. The maximum Gasteiger partial charge on any atom is 0.251 e. The van der Waals surface area contributed by atoms with Crippen molar-refractivity contribution in [2.75, 3.05) is 19.6 Å². The van der Waals surface area contributed by atoms with Crippen molar-refractivity contribution in [1.29, 1.82) is 0 Å². The van der Waals surface area contributed by atoms with Crippen LogP contribution in [0.4, 0.5) is 0 Å². The zero-order valence-corrected chi connectivity index (χ0v) is 16.8. The van der Waals surface area contributed by atoms with E-state index in [1.807, 2.05) is 38.1 Å². The van der Waals surface area contributed by atoms with Gasteiger partial charge in [-0.05, 0) is 75.9 Å². The number of amides is 1. The summed E-state index contributed by atoms with van der Waals surface area (Å²) in [7, 11) is 0. The van der Waals surface area contributed by atoms with Crippen molar-refractivity contribution in [2.24, 2.45) is 5.92 Å². The molecule has 0 bridgehead atoms. The van der Waals surface area contributed by atoms with E-state index in [1.54, 1.807) is 4.80 Å². The standard InChI is InChI=1S/C21H30N6O/c1-15(2)27-24-20(23-25-27)16-8-10-17(11-9-16)21(28)22-14-18-6-5-13-26-12-4-3-7-19(18)26/h8-11,15,18-19H,3-7,12-14H2,1-2H3,(H,22,28)/t18-,19-/m1/s1. The average Bonchev–Trinajstić information content (AvgIpc) is 3.23. The molecule has 2 saturated heterocycles. The summed E-state index contributed by atoms with van der Waals surface area (Å²) in [5, 5.41) is 15.7. The molecular formula is C21H30N6O. The van der Waals surface area contributed by atoms with Gasteiger partial charge >= 0.3 is 0 Å². The number of tetrazole rings is 1. The fourth-order valence-electron chi connectivity index (χ4n) is 4.47. The van der Waals surface area contributed by atoms with Gasteiger partial charge in [-0.15, -0.1) is 10.2 Å². The van der Waals surface area contributed by atoms with E-state index >= 15 is 0 Å². The summed E-state index contributed by atoms with van der Waals surface area (Å²) in [6, 6.07) is 8.29. The predicted molar refractivity (Wildman–Crippen MR) is 108 cm³/mol. The second-order valence-electron chi connectivity index (χ2n) is 8.32. The zero-order valence-electron chi connectivity index (χ0n) is 16.8. The number of nitrogens with zero attached hydrogens (tertiary/aromatic N) is 5. The monoisotopic (exact) mass is 382 g/mol. The number of fused-ring (bicyclic) bond motifs is 1. The molecule has 2 atom stereocenters. The maximum atomic E-state index is 12.6. The highest BCUT2D eigenvalue weighted by molar-refractivity contribution is 5.94. The highest BCUT2D eigenvalue weighted by Gasteiger charge is 2.32. The van der Waals surface area contributed by atoms with Gasteiger partial charge < -0.3 is 10.2 Å². The first-order valence-corrected chi connectivity index (χ1v) is 10.5. The molecule has 1 amide bonds. The molecule has 4 rings (SSSR count). The normalized spacial score (nSPS) is 22.8. The highest BCUT2D eigenvalue weighted by atomic mass is 16.1. The van der Waals surface area contributed by atoms with Gasteiger partial charge in [-0.1, -0.05) is 18.6 Å². The number of rotatable bonds is 5.